The molecule has 0 bridgehead atoms. The minimum atomic E-state index is -0.881. The van der Waals surface area contributed by atoms with Crippen molar-refractivity contribution in [3.63, 3.8) is 0 Å². The van der Waals surface area contributed by atoms with Crippen molar-refractivity contribution in [3.05, 3.63) is 0 Å². The fraction of sp³-hybridized carbons (Fsp3) is 0.846. The van der Waals surface area contributed by atoms with Gasteiger partial charge in [0, 0.05) is 19.6 Å². The summed E-state index contributed by atoms with van der Waals surface area (Å²) in [6.07, 6.45) is 2.41. The Bertz CT molecular complexity index is 282. The lowest BCUT2D eigenvalue weighted by atomic mass is 10.1. The molecule has 0 aliphatic rings. The molecule has 19 heavy (non-hydrogen) atoms. The SMILES string of the molecule is CCCC(CC(=O)O)NC(=O)N(C)CCCN(C)C. The molecule has 1 atom stereocenters. The number of hydrogen-bond donors (Lipinski definition) is 2. The van der Waals surface area contributed by atoms with Gasteiger partial charge in [-0.15, -0.1) is 0 Å². The van der Waals surface area contributed by atoms with Crippen LogP contribution in [0.4, 0.5) is 4.79 Å². The van der Waals surface area contributed by atoms with Crippen LogP contribution < -0.4 is 5.32 Å². The molecule has 2 N–H and O–H groups in total. The number of nitrogens with zero attached hydrogens (tertiary/aromatic N) is 2. The van der Waals surface area contributed by atoms with Crippen LogP contribution >= 0.6 is 0 Å². The smallest absolute Gasteiger partial charge is 0.317 e. The van der Waals surface area contributed by atoms with Gasteiger partial charge < -0.3 is 20.2 Å². The lowest BCUT2D eigenvalue weighted by molar-refractivity contribution is -0.137. The Balaban J connectivity index is 4.11. The van der Waals surface area contributed by atoms with Crippen LogP contribution in [0.1, 0.15) is 32.6 Å². The first kappa shape index (κ1) is 17.7. The molecule has 112 valence electrons. The molecule has 0 aromatic heterocycles. The zero-order valence-corrected chi connectivity index (χ0v) is 12.5. The molecule has 0 spiro atoms. The largest absolute Gasteiger partial charge is 0.481 e. The van der Waals surface area contributed by atoms with Crippen LogP contribution in [-0.2, 0) is 4.79 Å². The van der Waals surface area contributed by atoms with Crippen molar-refractivity contribution in [1.82, 2.24) is 15.1 Å². The van der Waals surface area contributed by atoms with E-state index in [0.29, 0.717) is 13.0 Å². The van der Waals surface area contributed by atoms with E-state index in [2.05, 4.69) is 10.2 Å². The molecule has 0 aromatic carbocycles. The minimum absolute atomic E-state index is 0.0227. The predicted octanol–water partition coefficient (Wildman–Crippen LogP) is 1.22. The van der Waals surface area contributed by atoms with Gasteiger partial charge in [0.15, 0.2) is 0 Å². The van der Waals surface area contributed by atoms with E-state index in [1.807, 2.05) is 21.0 Å². The Hall–Kier alpha value is -1.30. The first-order valence-electron chi connectivity index (χ1n) is 6.75. The van der Waals surface area contributed by atoms with Gasteiger partial charge in [-0.25, -0.2) is 4.79 Å². The molecule has 0 radical (unpaired) electrons. The van der Waals surface area contributed by atoms with E-state index in [0.717, 1.165) is 19.4 Å². The van der Waals surface area contributed by atoms with Crippen LogP contribution in [0.5, 0.6) is 0 Å². The highest BCUT2D eigenvalue weighted by molar-refractivity contribution is 5.75. The number of nitrogens with one attached hydrogen (secondary N) is 1. The quantitative estimate of drug-likeness (QED) is 0.662. The van der Waals surface area contributed by atoms with E-state index in [4.69, 9.17) is 5.11 Å². The van der Waals surface area contributed by atoms with Crippen LogP contribution in [0.3, 0.4) is 0 Å². The number of carbonyl (C=O) groups excluding carboxylic acids is 1. The normalized spacial score (nSPS) is 12.3. The summed E-state index contributed by atoms with van der Waals surface area (Å²) in [5, 5.41) is 11.6. The van der Waals surface area contributed by atoms with Gasteiger partial charge in [-0.3, -0.25) is 4.79 Å². The lowest BCUT2D eigenvalue weighted by Crippen LogP contribution is -2.44. The first-order chi connectivity index (χ1) is 8.86. The number of rotatable bonds is 9. The van der Waals surface area contributed by atoms with Crippen molar-refractivity contribution in [3.8, 4) is 0 Å². The maximum Gasteiger partial charge on any atom is 0.317 e. The van der Waals surface area contributed by atoms with Crippen LogP contribution in [0.25, 0.3) is 0 Å². The van der Waals surface area contributed by atoms with Gasteiger partial charge in [0.1, 0.15) is 0 Å². The molecule has 2 amide bonds. The summed E-state index contributed by atoms with van der Waals surface area (Å²) in [6, 6.07) is -0.482. The van der Waals surface area contributed by atoms with E-state index in [1.54, 1.807) is 11.9 Å². The molecule has 6 heteroatoms. The van der Waals surface area contributed by atoms with Crippen molar-refractivity contribution in [1.29, 1.82) is 0 Å². The van der Waals surface area contributed by atoms with Crippen molar-refractivity contribution < 1.29 is 14.7 Å². The molecule has 6 nitrogen and oxygen atoms in total. The van der Waals surface area contributed by atoms with Gasteiger partial charge in [-0.05, 0) is 33.5 Å². The highest BCUT2D eigenvalue weighted by Gasteiger charge is 2.17. The Morgan fingerprint density at radius 3 is 2.32 bits per heavy atom. The van der Waals surface area contributed by atoms with E-state index in [1.165, 1.54) is 0 Å². The Kier molecular flexibility index (Phi) is 8.95. The number of amides is 2. The fourth-order valence-electron chi connectivity index (χ4n) is 1.79. The summed E-state index contributed by atoms with van der Waals surface area (Å²) in [5.74, 6) is -0.881. The van der Waals surface area contributed by atoms with Crippen molar-refractivity contribution in [2.75, 3.05) is 34.2 Å². The molecule has 0 rings (SSSR count). The third kappa shape index (κ3) is 9.30. The monoisotopic (exact) mass is 273 g/mol. The maximum absolute atomic E-state index is 11.9. The van der Waals surface area contributed by atoms with Gasteiger partial charge in [0.05, 0.1) is 6.42 Å². The zero-order valence-electron chi connectivity index (χ0n) is 12.5. The number of hydrogen-bond acceptors (Lipinski definition) is 3. The number of aliphatic carboxylic acids is 1. The Morgan fingerprint density at radius 2 is 1.84 bits per heavy atom. The van der Waals surface area contributed by atoms with E-state index in [-0.39, 0.29) is 18.5 Å². The second-order valence-electron chi connectivity index (χ2n) is 5.11. The third-order valence-electron chi connectivity index (χ3n) is 2.83. The van der Waals surface area contributed by atoms with Crippen LogP contribution in [0.2, 0.25) is 0 Å². The number of urea groups is 1. The van der Waals surface area contributed by atoms with Crippen molar-refractivity contribution in [2.24, 2.45) is 0 Å². The molecule has 0 aliphatic heterocycles. The minimum Gasteiger partial charge on any atom is -0.481 e. The van der Waals surface area contributed by atoms with Crippen LogP contribution in [0, 0.1) is 0 Å². The third-order valence-corrected chi connectivity index (χ3v) is 2.83. The standard InChI is InChI=1S/C13H27N3O3/c1-5-7-11(10-12(17)18)14-13(19)16(4)9-6-8-15(2)3/h11H,5-10H2,1-4H3,(H,14,19)(H,17,18). The van der Waals surface area contributed by atoms with E-state index >= 15 is 0 Å². The Labute approximate surface area is 115 Å². The molecular formula is C13H27N3O3. The molecule has 0 aliphatic carbocycles. The fourth-order valence-corrected chi connectivity index (χ4v) is 1.79. The van der Waals surface area contributed by atoms with E-state index in [9.17, 15) is 9.59 Å². The van der Waals surface area contributed by atoms with Crippen molar-refractivity contribution >= 4 is 12.0 Å². The molecular weight excluding hydrogens is 246 g/mol. The summed E-state index contributed by atoms with van der Waals surface area (Å²) >= 11 is 0. The molecule has 0 fully saturated rings. The summed E-state index contributed by atoms with van der Waals surface area (Å²) in [6.45, 7) is 3.56. The summed E-state index contributed by atoms with van der Waals surface area (Å²) < 4.78 is 0. The highest BCUT2D eigenvalue weighted by atomic mass is 16.4. The predicted molar refractivity (Wildman–Crippen MR) is 75.3 cm³/mol. The van der Waals surface area contributed by atoms with Gasteiger partial charge >= 0.3 is 12.0 Å². The number of carbonyl (C=O) groups is 2. The molecule has 0 aromatic rings. The van der Waals surface area contributed by atoms with Gasteiger partial charge in [0.2, 0.25) is 0 Å². The Morgan fingerprint density at radius 1 is 1.21 bits per heavy atom. The van der Waals surface area contributed by atoms with Crippen molar-refractivity contribution in [2.45, 2.75) is 38.6 Å². The molecule has 0 saturated heterocycles. The van der Waals surface area contributed by atoms with Crippen LogP contribution in [-0.4, -0.2) is 67.2 Å². The average Bonchev–Trinajstić information content (AvgIpc) is 2.27. The topological polar surface area (TPSA) is 72.9 Å². The highest BCUT2D eigenvalue weighted by Crippen LogP contribution is 2.03. The molecule has 1 unspecified atom stereocenters. The lowest BCUT2D eigenvalue weighted by Gasteiger charge is -2.23. The molecule has 0 heterocycles. The second-order valence-corrected chi connectivity index (χ2v) is 5.11. The van der Waals surface area contributed by atoms with Gasteiger partial charge in [-0.2, -0.15) is 0 Å². The molecule has 0 saturated carbocycles. The summed E-state index contributed by atoms with van der Waals surface area (Å²) in [4.78, 5) is 26.3. The first-order valence-corrected chi connectivity index (χ1v) is 6.75. The average molecular weight is 273 g/mol. The zero-order chi connectivity index (χ0) is 14.8. The summed E-state index contributed by atoms with van der Waals surface area (Å²) in [7, 11) is 5.71. The van der Waals surface area contributed by atoms with Crippen LogP contribution in [0.15, 0.2) is 0 Å². The van der Waals surface area contributed by atoms with Gasteiger partial charge in [0.25, 0.3) is 0 Å². The summed E-state index contributed by atoms with van der Waals surface area (Å²) in [5.41, 5.74) is 0. The maximum atomic E-state index is 11.9. The second kappa shape index (κ2) is 9.61. The van der Waals surface area contributed by atoms with Gasteiger partial charge in [-0.1, -0.05) is 13.3 Å². The number of carboxylic acid groups (broad SMARTS) is 1. The van der Waals surface area contributed by atoms with E-state index < -0.39 is 5.97 Å². The number of carboxylic acids is 1.